The Labute approximate surface area is 103 Å². The molecular weight excluding hydrogens is 244 g/mol. The van der Waals surface area contributed by atoms with Crippen LogP contribution in [-0.4, -0.2) is 54.8 Å². The smallest absolute Gasteiger partial charge is 0.304 e. The van der Waals surface area contributed by atoms with Crippen molar-refractivity contribution in [2.24, 2.45) is 0 Å². The zero-order chi connectivity index (χ0) is 13.5. The van der Waals surface area contributed by atoms with Crippen LogP contribution in [0.3, 0.4) is 0 Å². The summed E-state index contributed by atoms with van der Waals surface area (Å²) in [6.45, 7) is 5.98. The summed E-state index contributed by atoms with van der Waals surface area (Å²) in [5, 5.41) is 8.52. The van der Waals surface area contributed by atoms with Crippen molar-refractivity contribution in [1.29, 1.82) is 0 Å². The van der Waals surface area contributed by atoms with Crippen LogP contribution in [-0.2, 0) is 15.0 Å². The summed E-state index contributed by atoms with van der Waals surface area (Å²) in [5.74, 6) is -1.02. The summed E-state index contributed by atoms with van der Waals surface area (Å²) in [6.07, 6.45) is 2.00. The largest absolute Gasteiger partial charge is 0.481 e. The molecule has 0 aromatic rings. The molecule has 1 N–H and O–H groups in total. The standard InChI is InChI=1S/C10H20N2O4S/c1-4-7-12(8-5-2)17(15,16)11(3)9-6-10(13)14/h4H,1,5-9H2,2-3H3,(H,13,14). The normalized spacial score (nSPS) is 12.0. The van der Waals surface area contributed by atoms with Crippen LogP contribution in [0.15, 0.2) is 12.7 Å². The summed E-state index contributed by atoms with van der Waals surface area (Å²) in [4.78, 5) is 10.4. The van der Waals surface area contributed by atoms with Crippen LogP contribution in [0.5, 0.6) is 0 Å². The molecule has 0 amide bonds. The molecule has 0 spiro atoms. The fourth-order valence-corrected chi connectivity index (χ4v) is 2.68. The summed E-state index contributed by atoms with van der Waals surface area (Å²) in [5.41, 5.74) is 0. The second kappa shape index (κ2) is 7.41. The Hall–Kier alpha value is -0.920. The van der Waals surface area contributed by atoms with E-state index in [0.717, 1.165) is 4.31 Å². The Bertz CT molecular complexity index is 353. The van der Waals surface area contributed by atoms with Crippen molar-refractivity contribution < 1.29 is 18.3 Å². The van der Waals surface area contributed by atoms with E-state index in [1.165, 1.54) is 17.4 Å². The van der Waals surface area contributed by atoms with Gasteiger partial charge in [0.1, 0.15) is 0 Å². The van der Waals surface area contributed by atoms with Gasteiger partial charge in [0, 0.05) is 26.7 Å². The van der Waals surface area contributed by atoms with Gasteiger partial charge in [-0.1, -0.05) is 13.0 Å². The summed E-state index contributed by atoms with van der Waals surface area (Å²) in [6, 6.07) is 0. The lowest BCUT2D eigenvalue weighted by Crippen LogP contribution is -2.43. The molecular formula is C10H20N2O4S. The van der Waals surface area contributed by atoms with Gasteiger partial charge in [-0.15, -0.1) is 6.58 Å². The zero-order valence-electron chi connectivity index (χ0n) is 10.3. The lowest BCUT2D eigenvalue weighted by Gasteiger charge is -2.25. The van der Waals surface area contributed by atoms with Crippen molar-refractivity contribution in [3.05, 3.63) is 12.7 Å². The molecule has 0 atom stereocenters. The molecule has 0 unspecified atom stereocenters. The Morgan fingerprint density at radius 2 is 2.00 bits per heavy atom. The molecule has 0 aliphatic carbocycles. The van der Waals surface area contributed by atoms with E-state index < -0.39 is 16.2 Å². The minimum atomic E-state index is -3.59. The third-order valence-electron chi connectivity index (χ3n) is 2.17. The van der Waals surface area contributed by atoms with E-state index in [4.69, 9.17) is 5.11 Å². The molecule has 0 aromatic heterocycles. The summed E-state index contributed by atoms with van der Waals surface area (Å²) < 4.78 is 26.4. The van der Waals surface area contributed by atoms with Crippen LogP contribution >= 0.6 is 0 Å². The fourth-order valence-electron chi connectivity index (χ4n) is 1.26. The fraction of sp³-hybridized carbons (Fsp3) is 0.700. The Kier molecular flexibility index (Phi) is 7.01. The van der Waals surface area contributed by atoms with E-state index in [1.807, 2.05) is 6.92 Å². The SMILES string of the molecule is C=CCN(CCC)S(=O)(=O)N(C)CCC(=O)O. The number of nitrogens with zero attached hydrogens (tertiary/aromatic N) is 2. The van der Waals surface area contributed by atoms with E-state index >= 15 is 0 Å². The number of aliphatic carboxylic acids is 1. The highest BCUT2D eigenvalue weighted by Gasteiger charge is 2.25. The van der Waals surface area contributed by atoms with Gasteiger partial charge in [-0.3, -0.25) is 4.79 Å². The second-order valence-corrected chi connectivity index (χ2v) is 5.66. The van der Waals surface area contributed by atoms with Gasteiger partial charge in [0.05, 0.1) is 6.42 Å². The van der Waals surface area contributed by atoms with E-state index in [0.29, 0.717) is 13.0 Å². The van der Waals surface area contributed by atoms with E-state index in [1.54, 1.807) is 0 Å². The first-order valence-corrected chi connectivity index (χ1v) is 6.80. The lowest BCUT2D eigenvalue weighted by molar-refractivity contribution is -0.137. The van der Waals surface area contributed by atoms with Gasteiger partial charge in [-0.25, -0.2) is 0 Å². The molecule has 0 saturated heterocycles. The molecule has 0 bridgehead atoms. The maximum Gasteiger partial charge on any atom is 0.304 e. The molecule has 0 saturated carbocycles. The zero-order valence-corrected chi connectivity index (χ0v) is 11.1. The van der Waals surface area contributed by atoms with Crippen molar-refractivity contribution in [2.45, 2.75) is 19.8 Å². The first-order valence-electron chi connectivity index (χ1n) is 5.40. The van der Waals surface area contributed by atoms with Gasteiger partial charge in [0.25, 0.3) is 10.2 Å². The van der Waals surface area contributed by atoms with Gasteiger partial charge < -0.3 is 5.11 Å². The number of carboxylic acid groups (broad SMARTS) is 1. The summed E-state index contributed by atoms with van der Waals surface area (Å²) >= 11 is 0. The summed E-state index contributed by atoms with van der Waals surface area (Å²) in [7, 11) is -2.21. The van der Waals surface area contributed by atoms with Crippen molar-refractivity contribution in [2.75, 3.05) is 26.7 Å². The maximum atomic E-state index is 12.0. The van der Waals surface area contributed by atoms with Crippen LogP contribution in [0.4, 0.5) is 0 Å². The average molecular weight is 264 g/mol. The number of hydrogen-bond acceptors (Lipinski definition) is 3. The number of carbonyl (C=O) groups is 1. The third kappa shape index (κ3) is 5.29. The molecule has 0 aliphatic rings. The first kappa shape index (κ1) is 16.1. The predicted molar refractivity (Wildman–Crippen MR) is 65.9 cm³/mol. The van der Waals surface area contributed by atoms with Gasteiger partial charge in [-0.05, 0) is 6.42 Å². The maximum absolute atomic E-state index is 12.0. The Balaban J connectivity index is 4.69. The average Bonchev–Trinajstić information content (AvgIpc) is 2.25. The van der Waals surface area contributed by atoms with Crippen LogP contribution in [0.25, 0.3) is 0 Å². The number of hydrogen-bond donors (Lipinski definition) is 1. The third-order valence-corrected chi connectivity index (χ3v) is 4.12. The molecule has 7 heteroatoms. The predicted octanol–water partition coefficient (Wildman–Crippen LogP) is 0.536. The van der Waals surface area contributed by atoms with Gasteiger partial charge in [0.15, 0.2) is 0 Å². The first-order chi connectivity index (χ1) is 7.86. The molecule has 0 aliphatic heterocycles. The number of carboxylic acids is 1. The van der Waals surface area contributed by atoms with E-state index in [9.17, 15) is 13.2 Å². The van der Waals surface area contributed by atoms with Crippen LogP contribution in [0, 0.1) is 0 Å². The second-order valence-electron chi connectivity index (χ2n) is 3.62. The van der Waals surface area contributed by atoms with Crippen molar-refractivity contribution in [3.63, 3.8) is 0 Å². The molecule has 0 aromatic carbocycles. The minimum absolute atomic E-state index is 0.0327. The quantitative estimate of drug-likeness (QED) is 0.616. The van der Waals surface area contributed by atoms with Gasteiger partial charge >= 0.3 is 5.97 Å². The Morgan fingerprint density at radius 1 is 1.41 bits per heavy atom. The molecule has 0 radical (unpaired) electrons. The van der Waals surface area contributed by atoms with Crippen LogP contribution < -0.4 is 0 Å². The molecule has 0 rings (SSSR count). The topological polar surface area (TPSA) is 77.9 Å². The highest BCUT2D eigenvalue weighted by molar-refractivity contribution is 7.86. The van der Waals surface area contributed by atoms with Crippen molar-refractivity contribution >= 4 is 16.2 Å². The highest BCUT2D eigenvalue weighted by Crippen LogP contribution is 2.08. The molecule has 17 heavy (non-hydrogen) atoms. The van der Waals surface area contributed by atoms with Crippen LogP contribution in [0.1, 0.15) is 19.8 Å². The monoisotopic (exact) mass is 264 g/mol. The molecule has 0 fully saturated rings. The molecule has 6 nitrogen and oxygen atoms in total. The van der Waals surface area contributed by atoms with Gasteiger partial charge in [0.2, 0.25) is 0 Å². The van der Waals surface area contributed by atoms with Crippen LogP contribution in [0.2, 0.25) is 0 Å². The van der Waals surface area contributed by atoms with Gasteiger partial charge in [-0.2, -0.15) is 17.0 Å². The molecule has 100 valence electrons. The lowest BCUT2D eigenvalue weighted by atomic mass is 10.4. The Morgan fingerprint density at radius 3 is 2.41 bits per heavy atom. The minimum Gasteiger partial charge on any atom is -0.481 e. The molecule has 0 heterocycles. The van der Waals surface area contributed by atoms with E-state index in [2.05, 4.69) is 6.58 Å². The highest BCUT2D eigenvalue weighted by atomic mass is 32.2. The van der Waals surface area contributed by atoms with Crippen molar-refractivity contribution in [1.82, 2.24) is 8.61 Å². The number of rotatable bonds is 9. The van der Waals surface area contributed by atoms with E-state index in [-0.39, 0.29) is 19.5 Å². The van der Waals surface area contributed by atoms with Crippen molar-refractivity contribution in [3.8, 4) is 0 Å².